The largest absolute Gasteiger partial charge is 0.496 e. The Kier molecular flexibility index (Phi) is 5.18. The van der Waals surface area contributed by atoms with E-state index in [1.54, 1.807) is 13.2 Å². The Labute approximate surface area is 134 Å². The summed E-state index contributed by atoms with van der Waals surface area (Å²) in [5, 5.41) is 0. The highest BCUT2D eigenvalue weighted by atomic mass is 79.9. The Bertz CT molecular complexity index is 619. The van der Waals surface area contributed by atoms with E-state index >= 15 is 0 Å². The molecule has 0 fully saturated rings. The quantitative estimate of drug-likeness (QED) is 0.810. The molecule has 2 aromatic rings. The second-order valence-electron chi connectivity index (χ2n) is 4.43. The maximum Gasteiger partial charge on any atom is 0.124 e. The molecule has 1 unspecified atom stereocenters. The minimum absolute atomic E-state index is 0.222. The maximum absolute atomic E-state index is 13.1. The van der Waals surface area contributed by atoms with Crippen LogP contribution in [0.1, 0.15) is 17.2 Å². The number of benzene rings is 2. The minimum atomic E-state index is -0.268. The fourth-order valence-corrected chi connectivity index (χ4v) is 2.88. The Morgan fingerprint density at radius 1 is 1.20 bits per heavy atom. The summed E-state index contributed by atoms with van der Waals surface area (Å²) in [5.41, 5.74) is 8.14. The molecule has 0 aromatic heterocycles. The van der Waals surface area contributed by atoms with Crippen molar-refractivity contribution in [2.75, 3.05) is 7.11 Å². The maximum atomic E-state index is 13.1. The lowest BCUT2D eigenvalue weighted by molar-refractivity contribution is 0.405. The van der Waals surface area contributed by atoms with Gasteiger partial charge in [-0.05, 0) is 36.2 Å². The van der Waals surface area contributed by atoms with Gasteiger partial charge in [0.05, 0.1) is 7.11 Å². The SMILES string of the molecule is COc1cc(Br)ccc1C(N)Cc1ccc(F)cc1Br. The van der Waals surface area contributed by atoms with E-state index in [1.165, 1.54) is 12.1 Å². The van der Waals surface area contributed by atoms with Crippen LogP contribution in [0.3, 0.4) is 0 Å². The van der Waals surface area contributed by atoms with Gasteiger partial charge in [-0.3, -0.25) is 0 Å². The van der Waals surface area contributed by atoms with Crippen LogP contribution in [0.5, 0.6) is 5.75 Å². The molecule has 2 aromatic carbocycles. The first-order valence-electron chi connectivity index (χ1n) is 6.04. The van der Waals surface area contributed by atoms with Crippen molar-refractivity contribution in [1.82, 2.24) is 0 Å². The molecule has 0 saturated carbocycles. The molecular weight excluding hydrogens is 389 g/mol. The smallest absolute Gasteiger partial charge is 0.124 e. The molecule has 20 heavy (non-hydrogen) atoms. The van der Waals surface area contributed by atoms with Crippen molar-refractivity contribution in [2.45, 2.75) is 12.5 Å². The Hall–Kier alpha value is -0.910. The summed E-state index contributed by atoms with van der Waals surface area (Å²) in [6, 6.07) is 10.1. The number of ether oxygens (including phenoxy) is 1. The van der Waals surface area contributed by atoms with Gasteiger partial charge in [0.25, 0.3) is 0 Å². The van der Waals surface area contributed by atoms with Gasteiger partial charge in [-0.1, -0.05) is 44.0 Å². The number of hydrogen-bond donors (Lipinski definition) is 1. The predicted octanol–water partition coefficient (Wildman–Crippen LogP) is 4.60. The summed E-state index contributed by atoms with van der Waals surface area (Å²) in [5.74, 6) is 0.473. The van der Waals surface area contributed by atoms with Crippen molar-refractivity contribution >= 4 is 31.9 Å². The second kappa shape index (κ2) is 6.70. The van der Waals surface area contributed by atoms with Gasteiger partial charge in [0.15, 0.2) is 0 Å². The topological polar surface area (TPSA) is 35.2 Å². The predicted molar refractivity (Wildman–Crippen MR) is 85.4 cm³/mol. The van der Waals surface area contributed by atoms with Crippen molar-refractivity contribution in [2.24, 2.45) is 5.73 Å². The van der Waals surface area contributed by atoms with Crippen LogP contribution in [-0.4, -0.2) is 7.11 Å². The minimum Gasteiger partial charge on any atom is -0.496 e. The van der Waals surface area contributed by atoms with Crippen LogP contribution in [0, 0.1) is 5.82 Å². The van der Waals surface area contributed by atoms with Gasteiger partial charge in [0.2, 0.25) is 0 Å². The van der Waals surface area contributed by atoms with E-state index in [1.807, 2.05) is 18.2 Å². The van der Waals surface area contributed by atoms with Crippen molar-refractivity contribution in [3.05, 3.63) is 62.3 Å². The van der Waals surface area contributed by atoms with Crippen LogP contribution < -0.4 is 10.5 Å². The van der Waals surface area contributed by atoms with Crippen LogP contribution in [0.25, 0.3) is 0 Å². The van der Waals surface area contributed by atoms with E-state index in [4.69, 9.17) is 10.5 Å². The van der Waals surface area contributed by atoms with Gasteiger partial charge >= 0.3 is 0 Å². The van der Waals surface area contributed by atoms with Crippen LogP contribution in [-0.2, 0) is 6.42 Å². The highest BCUT2D eigenvalue weighted by Gasteiger charge is 2.14. The normalized spacial score (nSPS) is 12.2. The zero-order valence-corrected chi connectivity index (χ0v) is 14.0. The number of methoxy groups -OCH3 is 1. The number of halogens is 3. The molecule has 0 aliphatic carbocycles. The van der Waals surface area contributed by atoms with Gasteiger partial charge in [-0.25, -0.2) is 4.39 Å². The van der Waals surface area contributed by atoms with Gasteiger partial charge < -0.3 is 10.5 Å². The first kappa shape index (κ1) is 15.5. The van der Waals surface area contributed by atoms with Crippen LogP contribution in [0.4, 0.5) is 4.39 Å². The Morgan fingerprint density at radius 3 is 2.60 bits per heavy atom. The molecule has 2 N–H and O–H groups in total. The lowest BCUT2D eigenvalue weighted by Crippen LogP contribution is -2.14. The summed E-state index contributed by atoms with van der Waals surface area (Å²) in [6.45, 7) is 0. The van der Waals surface area contributed by atoms with E-state index in [-0.39, 0.29) is 11.9 Å². The first-order valence-corrected chi connectivity index (χ1v) is 7.63. The molecule has 5 heteroatoms. The first-order chi connectivity index (χ1) is 9.51. The molecule has 2 nitrogen and oxygen atoms in total. The van der Waals surface area contributed by atoms with E-state index in [0.29, 0.717) is 6.42 Å². The Morgan fingerprint density at radius 2 is 1.95 bits per heavy atom. The third-order valence-corrected chi connectivity index (χ3v) is 4.28. The number of nitrogens with two attached hydrogens (primary N) is 1. The van der Waals surface area contributed by atoms with Gasteiger partial charge in [-0.2, -0.15) is 0 Å². The van der Waals surface area contributed by atoms with E-state index in [9.17, 15) is 4.39 Å². The summed E-state index contributed by atoms with van der Waals surface area (Å²) in [7, 11) is 1.62. The average molecular weight is 403 g/mol. The summed E-state index contributed by atoms with van der Waals surface area (Å²) >= 11 is 6.76. The highest BCUT2D eigenvalue weighted by Crippen LogP contribution is 2.30. The molecule has 0 bridgehead atoms. The van der Waals surface area contributed by atoms with Gasteiger partial charge in [0.1, 0.15) is 11.6 Å². The molecule has 0 aliphatic heterocycles. The molecule has 2 rings (SSSR count). The molecule has 0 saturated heterocycles. The standard InChI is InChI=1S/C15H14Br2FNO/c1-20-15-7-10(16)3-5-12(15)14(19)6-9-2-4-11(18)8-13(9)17/h2-5,7-8,14H,6,19H2,1H3. The molecule has 0 spiro atoms. The fourth-order valence-electron chi connectivity index (χ4n) is 2.03. The lowest BCUT2D eigenvalue weighted by atomic mass is 9.99. The van der Waals surface area contributed by atoms with Crippen molar-refractivity contribution in [1.29, 1.82) is 0 Å². The van der Waals surface area contributed by atoms with E-state index < -0.39 is 0 Å². The van der Waals surface area contributed by atoms with Gasteiger partial charge in [0, 0.05) is 20.6 Å². The average Bonchev–Trinajstić information content (AvgIpc) is 2.41. The summed E-state index contributed by atoms with van der Waals surface area (Å²) < 4.78 is 20.1. The molecule has 0 amide bonds. The third-order valence-electron chi connectivity index (χ3n) is 3.05. The molecular formula is C15H14Br2FNO. The molecule has 0 aliphatic rings. The van der Waals surface area contributed by atoms with Gasteiger partial charge in [-0.15, -0.1) is 0 Å². The van der Waals surface area contributed by atoms with E-state index in [2.05, 4.69) is 31.9 Å². The Balaban J connectivity index is 2.25. The summed E-state index contributed by atoms with van der Waals surface area (Å²) in [6.07, 6.45) is 0.596. The van der Waals surface area contributed by atoms with E-state index in [0.717, 1.165) is 25.8 Å². The van der Waals surface area contributed by atoms with Crippen LogP contribution >= 0.6 is 31.9 Å². The number of hydrogen-bond acceptors (Lipinski definition) is 2. The highest BCUT2D eigenvalue weighted by molar-refractivity contribution is 9.10. The van der Waals surface area contributed by atoms with Crippen molar-refractivity contribution < 1.29 is 9.13 Å². The van der Waals surface area contributed by atoms with Crippen LogP contribution in [0.2, 0.25) is 0 Å². The zero-order valence-electron chi connectivity index (χ0n) is 10.9. The van der Waals surface area contributed by atoms with Crippen molar-refractivity contribution in [3.63, 3.8) is 0 Å². The molecule has 0 heterocycles. The zero-order chi connectivity index (χ0) is 14.7. The second-order valence-corrected chi connectivity index (χ2v) is 6.20. The van der Waals surface area contributed by atoms with Crippen molar-refractivity contribution in [3.8, 4) is 5.75 Å². The third kappa shape index (κ3) is 3.59. The lowest BCUT2D eigenvalue weighted by Gasteiger charge is -2.17. The van der Waals surface area contributed by atoms with Crippen LogP contribution in [0.15, 0.2) is 45.3 Å². The fraction of sp³-hybridized carbons (Fsp3) is 0.200. The number of rotatable bonds is 4. The molecule has 1 atom stereocenters. The summed E-state index contributed by atoms with van der Waals surface area (Å²) in [4.78, 5) is 0. The molecule has 0 radical (unpaired) electrons. The monoisotopic (exact) mass is 401 g/mol. The molecule has 106 valence electrons.